The summed E-state index contributed by atoms with van der Waals surface area (Å²) in [5.74, 6) is 0. The van der Waals surface area contributed by atoms with Gasteiger partial charge in [0.2, 0.25) is 0 Å². The standard InChI is InChI=1S/C13H10Cl3N3O3S/c14-8-1-3-12(4-2-8)23(21,22)19-13(20)18-17-11-6-9(15)5-10(16)7-11/h1-7,17H,(H2,18,19,20). The van der Waals surface area contributed by atoms with E-state index in [1.165, 1.54) is 42.5 Å². The van der Waals surface area contributed by atoms with Gasteiger partial charge in [0.1, 0.15) is 0 Å². The molecule has 2 amide bonds. The second-order valence-electron chi connectivity index (χ2n) is 4.30. The molecule has 6 nitrogen and oxygen atoms in total. The van der Waals surface area contributed by atoms with Crippen molar-refractivity contribution in [3.05, 3.63) is 57.5 Å². The maximum Gasteiger partial charge on any atom is 0.347 e. The number of urea groups is 1. The number of carbonyl (C=O) groups is 1. The third-order valence-corrected chi connectivity index (χ3v) is 4.57. The highest BCUT2D eigenvalue weighted by molar-refractivity contribution is 7.90. The summed E-state index contributed by atoms with van der Waals surface area (Å²) in [7, 11) is -4.01. The number of sulfonamides is 1. The number of hydrazine groups is 1. The Hall–Kier alpha value is -1.67. The van der Waals surface area contributed by atoms with E-state index in [9.17, 15) is 13.2 Å². The van der Waals surface area contributed by atoms with Crippen LogP contribution in [0.1, 0.15) is 0 Å². The molecule has 0 saturated carbocycles. The molecule has 0 aliphatic carbocycles. The summed E-state index contributed by atoms with van der Waals surface area (Å²) >= 11 is 17.3. The Kier molecular flexibility index (Phi) is 5.59. The van der Waals surface area contributed by atoms with Gasteiger partial charge in [-0.05, 0) is 42.5 Å². The molecule has 2 aromatic carbocycles. The van der Waals surface area contributed by atoms with Crippen LogP contribution in [-0.4, -0.2) is 14.4 Å². The molecule has 122 valence electrons. The van der Waals surface area contributed by atoms with E-state index in [2.05, 4.69) is 10.9 Å². The molecule has 2 aromatic rings. The van der Waals surface area contributed by atoms with E-state index in [4.69, 9.17) is 34.8 Å². The molecule has 0 radical (unpaired) electrons. The molecule has 0 aromatic heterocycles. The average molecular weight is 395 g/mol. The minimum absolute atomic E-state index is 0.0946. The lowest BCUT2D eigenvalue weighted by Crippen LogP contribution is -2.42. The van der Waals surface area contributed by atoms with Crippen LogP contribution in [-0.2, 0) is 10.0 Å². The first kappa shape index (κ1) is 17.7. The van der Waals surface area contributed by atoms with Gasteiger partial charge in [0, 0.05) is 15.1 Å². The largest absolute Gasteiger partial charge is 0.347 e. The lowest BCUT2D eigenvalue weighted by Gasteiger charge is -2.11. The van der Waals surface area contributed by atoms with E-state index in [1.807, 2.05) is 4.72 Å². The van der Waals surface area contributed by atoms with Crippen LogP contribution in [0, 0.1) is 0 Å². The molecule has 0 atom stereocenters. The van der Waals surface area contributed by atoms with E-state index in [-0.39, 0.29) is 4.90 Å². The lowest BCUT2D eigenvalue weighted by molar-refractivity contribution is 0.247. The highest BCUT2D eigenvalue weighted by atomic mass is 35.5. The minimum atomic E-state index is -4.01. The van der Waals surface area contributed by atoms with Gasteiger partial charge in [-0.2, -0.15) is 0 Å². The molecule has 0 heterocycles. The van der Waals surface area contributed by atoms with Gasteiger partial charge in [-0.15, -0.1) is 0 Å². The zero-order valence-electron chi connectivity index (χ0n) is 11.3. The van der Waals surface area contributed by atoms with Crippen LogP contribution in [0.25, 0.3) is 0 Å². The highest BCUT2D eigenvalue weighted by Gasteiger charge is 2.17. The van der Waals surface area contributed by atoms with Gasteiger partial charge in [-0.1, -0.05) is 34.8 Å². The molecule has 10 heteroatoms. The molecular formula is C13H10Cl3N3O3S. The summed E-state index contributed by atoms with van der Waals surface area (Å²) in [4.78, 5) is 11.6. The van der Waals surface area contributed by atoms with Crippen LogP contribution in [0.4, 0.5) is 10.5 Å². The van der Waals surface area contributed by atoms with Crippen LogP contribution >= 0.6 is 34.8 Å². The zero-order valence-corrected chi connectivity index (χ0v) is 14.4. The third-order valence-electron chi connectivity index (χ3n) is 2.53. The normalized spacial score (nSPS) is 10.9. The fourth-order valence-corrected chi connectivity index (χ4v) is 3.13. The first-order valence-corrected chi connectivity index (χ1v) is 8.68. The molecule has 0 aliphatic heterocycles. The Morgan fingerprint density at radius 3 is 2.00 bits per heavy atom. The number of carbonyl (C=O) groups excluding carboxylic acids is 1. The molecule has 2 rings (SSSR count). The zero-order chi connectivity index (χ0) is 17.0. The van der Waals surface area contributed by atoms with E-state index >= 15 is 0 Å². The summed E-state index contributed by atoms with van der Waals surface area (Å²) in [6.45, 7) is 0. The second kappa shape index (κ2) is 7.27. The van der Waals surface area contributed by atoms with Crippen LogP contribution in [0.3, 0.4) is 0 Å². The van der Waals surface area contributed by atoms with Gasteiger partial charge in [0.15, 0.2) is 0 Å². The number of hydrogen-bond donors (Lipinski definition) is 3. The van der Waals surface area contributed by atoms with Crippen molar-refractivity contribution >= 4 is 56.5 Å². The predicted molar refractivity (Wildman–Crippen MR) is 90.4 cm³/mol. The molecule has 0 aliphatic rings. The third kappa shape index (κ3) is 5.18. The molecule has 0 saturated heterocycles. The topological polar surface area (TPSA) is 87.3 Å². The van der Waals surface area contributed by atoms with Crippen LogP contribution in [0.5, 0.6) is 0 Å². The fourth-order valence-electron chi connectivity index (χ4n) is 1.58. The van der Waals surface area contributed by atoms with Gasteiger partial charge in [0.25, 0.3) is 10.0 Å². The van der Waals surface area contributed by atoms with Gasteiger partial charge in [-0.25, -0.2) is 17.9 Å². The summed E-state index contributed by atoms with van der Waals surface area (Å²) < 4.78 is 25.8. The molecule has 0 bridgehead atoms. The van der Waals surface area contributed by atoms with E-state index in [0.29, 0.717) is 20.8 Å². The van der Waals surface area contributed by atoms with E-state index in [0.717, 1.165) is 0 Å². The lowest BCUT2D eigenvalue weighted by atomic mass is 10.3. The van der Waals surface area contributed by atoms with Crippen molar-refractivity contribution in [3.63, 3.8) is 0 Å². The SMILES string of the molecule is O=C(NNc1cc(Cl)cc(Cl)c1)NS(=O)(=O)c1ccc(Cl)cc1. The highest BCUT2D eigenvalue weighted by Crippen LogP contribution is 2.21. The minimum Gasteiger partial charge on any atom is -0.297 e. The summed E-state index contributed by atoms with van der Waals surface area (Å²) in [6, 6.07) is 8.91. The quantitative estimate of drug-likeness (QED) is 0.691. The molecule has 23 heavy (non-hydrogen) atoms. The predicted octanol–water partition coefficient (Wildman–Crippen LogP) is 3.66. The summed E-state index contributed by atoms with van der Waals surface area (Å²) in [6.07, 6.45) is 0. The molecular weight excluding hydrogens is 385 g/mol. The van der Waals surface area contributed by atoms with Crippen LogP contribution in [0.2, 0.25) is 15.1 Å². The number of nitrogens with one attached hydrogen (secondary N) is 3. The number of rotatable bonds is 4. The smallest absolute Gasteiger partial charge is 0.297 e. The van der Waals surface area contributed by atoms with Crippen molar-refractivity contribution in [1.29, 1.82) is 0 Å². The van der Waals surface area contributed by atoms with Gasteiger partial charge in [0.05, 0.1) is 10.6 Å². The first-order chi connectivity index (χ1) is 10.8. The Morgan fingerprint density at radius 1 is 0.870 bits per heavy atom. The summed E-state index contributed by atoms with van der Waals surface area (Å²) in [5, 5.41) is 1.10. The van der Waals surface area contributed by atoms with Crippen molar-refractivity contribution < 1.29 is 13.2 Å². The molecule has 3 N–H and O–H groups in total. The molecule has 0 unspecified atom stereocenters. The van der Waals surface area contributed by atoms with E-state index < -0.39 is 16.1 Å². The molecule has 0 spiro atoms. The van der Waals surface area contributed by atoms with Crippen molar-refractivity contribution in [2.45, 2.75) is 4.90 Å². The number of halogens is 3. The van der Waals surface area contributed by atoms with E-state index in [1.54, 1.807) is 0 Å². The fraction of sp³-hybridized carbons (Fsp3) is 0. The first-order valence-electron chi connectivity index (χ1n) is 6.07. The van der Waals surface area contributed by atoms with Crippen LogP contribution < -0.4 is 15.6 Å². The molecule has 0 fully saturated rings. The number of amides is 2. The second-order valence-corrected chi connectivity index (χ2v) is 7.29. The van der Waals surface area contributed by atoms with Crippen LogP contribution in [0.15, 0.2) is 47.4 Å². The summed E-state index contributed by atoms with van der Waals surface area (Å²) in [5.41, 5.74) is 5.05. The maximum absolute atomic E-state index is 12.0. The Bertz CT molecular complexity index is 806. The average Bonchev–Trinajstić information content (AvgIpc) is 2.44. The Balaban J connectivity index is 2.00. The van der Waals surface area contributed by atoms with Crippen molar-refractivity contribution in [2.24, 2.45) is 0 Å². The monoisotopic (exact) mass is 393 g/mol. The Morgan fingerprint density at radius 2 is 1.43 bits per heavy atom. The Labute approximate surface area is 147 Å². The number of benzene rings is 2. The van der Waals surface area contributed by atoms with Crippen molar-refractivity contribution in [3.8, 4) is 0 Å². The van der Waals surface area contributed by atoms with Gasteiger partial charge >= 0.3 is 6.03 Å². The number of anilines is 1. The van der Waals surface area contributed by atoms with Crippen molar-refractivity contribution in [2.75, 3.05) is 5.43 Å². The van der Waals surface area contributed by atoms with Crippen molar-refractivity contribution in [1.82, 2.24) is 10.1 Å². The van der Waals surface area contributed by atoms with Gasteiger partial charge in [-0.3, -0.25) is 10.9 Å². The van der Waals surface area contributed by atoms with Gasteiger partial charge < -0.3 is 0 Å². The number of hydrogen-bond acceptors (Lipinski definition) is 4. The maximum atomic E-state index is 12.0.